The van der Waals surface area contributed by atoms with E-state index in [4.69, 9.17) is 4.74 Å². The Kier molecular flexibility index (Phi) is 4.94. The van der Waals surface area contributed by atoms with Gasteiger partial charge in [-0.25, -0.2) is 0 Å². The molecule has 0 aromatic heterocycles. The first-order valence-electron chi connectivity index (χ1n) is 5.62. The van der Waals surface area contributed by atoms with Crippen molar-refractivity contribution in [3.05, 3.63) is 0 Å². The minimum absolute atomic E-state index is 0.133. The van der Waals surface area contributed by atoms with Crippen LogP contribution in [0.4, 0.5) is 0 Å². The van der Waals surface area contributed by atoms with E-state index in [9.17, 15) is 4.79 Å². The van der Waals surface area contributed by atoms with Gasteiger partial charge in [-0.2, -0.15) is 0 Å². The smallest absolute Gasteiger partial charge is 0.253 e. The molecule has 82 valence electrons. The summed E-state index contributed by atoms with van der Waals surface area (Å²) in [4.78, 5) is 12.8. The fourth-order valence-corrected chi connectivity index (χ4v) is 1.61. The zero-order valence-corrected chi connectivity index (χ0v) is 9.29. The van der Waals surface area contributed by atoms with E-state index in [1.165, 1.54) is 25.7 Å². The average Bonchev–Trinajstić information content (AvgIpc) is 2.21. The van der Waals surface area contributed by atoms with Crippen molar-refractivity contribution < 1.29 is 9.53 Å². The molecule has 0 saturated carbocycles. The molecule has 1 fully saturated rings. The molecule has 0 N–H and O–H groups in total. The standard InChI is InChI=1S/C11H21NO2/c1-3-4-5-6-7-8-14-10-9-12(2)11(10)13/h10H,3-9H2,1-2H3. The molecule has 0 aromatic rings. The summed E-state index contributed by atoms with van der Waals surface area (Å²) in [5.41, 5.74) is 0. The van der Waals surface area contributed by atoms with Crippen LogP contribution in [-0.2, 0) is 9.53 Å². The third-order valence-corrected chi connectivity index (χ3v) is 2.66. The van der Waals surface area contributed by atoms with Gasteiger partial charge in [0.1, 0.15) is 0 Å². The van der Waals surface area contributed by atoms with Crippen LogP contribution in [0.3, 0.4) is 0 Å². The van der Waals surface area contributed by atoms with Crippen molar-refractivity contribution in [1.82, 2.24) is 4.90 Å². The number of likely N-dealkylation sites (tertiary alicyclic amines) is 1. The number of β-lactam (4-membered cyclic amide) rings is 1. The van der Waals surface area contributed by atoms with E-state index in [1.54, 1.807) is 4.90 Å². The number of carbonyl (C=O) groups is 1. The molecule has 0 spiro atoms. The Balaban J connectivity index is 1.87. The summed E-state index contributed by atoms with van der Waals surface area (Å²) in [6.07, 6.45) is 6.06. The van der Waals surface area contributed by atoms with Crippen molar-refractivity contribution in [2.45, 2.75) is 45.1 Å². The molecule has 14 heavy (non-hydrogen) atoms. The highest BCUT2D eigenvalue weighted by atomic mass is 16.5. The predicted octanol–water partition coefficient (Wildman–Crippen LogP) is 1.81. The lowest BCUT2D eigenvalue weighted by Gasteiger charge is -2.34. The molecule has 0 bridgehead atoms. The van der Waals surface area contributed by atoms with Gasteiger partial charge < -0.3 is 9.64 Å². The van der Waals surface area contributed by atoms with Gasteiger partial charge in [0.25, 0.3) is 5.91 Å². The molecule has 1 aliphatic heterocycles. The third-order valence-electron chi connectivity index (χ3n) is 2.66. The van der Waals surface area contributed by atoms with Crippen LogP contribution in [0.1, 0.15) is 39.0 Å². The zero-order valence-electron chi connectivity index (χ0n) is 9.29. The predicted molar refractivity (Wildman–Crippen MR) is 56.1 cm³/mol. The second-order valence-corrected chi connectivity index (χ2v) is 3.99. The molecule has 1 heterocycles. The van der Waals surface area contributed by atoms with Crippen LogP contribution < -0.4 is 0 Å². The van der Waals surface area contributed by atoms with Gasteiger partial charge in [-0.15, -0.1) is 0 Å². The number of ether oxygens (including phenoxy) is 1. The first kappa shape index (κ1) is 11.5. The fraction of sp³-hybridized carbons (Fsp3) is 0.909. The van der Waals surface area contributed by atoms with Gasteiger partial charge >= 0.3 is 0 Å². The number of rotatable bonds is 7. The average molecular weight is 199 g/mol. The van der Waals surface area contributed by atoms with Crippen LogP contribution in [0.25, 0.3) is 0 Å². The summed E-state index contributed by atoms with van der Waals surface area (Å²) < 4.78 is 5.45. The molecule has 1 saturated heterocycles. The van der Waals surface area contributed by atoms with Gasteiger partial charge in [-0.1, -0.05) is 32.6 Å². The Hall–Kier alpha value is -0.570. The number of likely N-dealkylation sites (N-methyl/N-ethyl adjacent to an activating group) is 1. The Bertz CT molecular complexity index is 182. The second-order valence-electron chi connectivity index (χ2n) is 3.99. The number of carbonyl (C=O) groups excluding carboxylic acids is 1. The highest BCUT2D eigenvalue weighted by molar-refractivity contribution is 5.86. The molecule has 1 amide bonds. The molecule has 1 unspecified atom stereocenters. The van der Waals surface area contributed by atoms with Crippen LogP contribution in [0.15, 0.2) is 0 Å². The van der Waals surface area contributed by atoms with E-state index >= 15 is 0 Å². The maximum atomic E-state index is 11.1. The second kappa shape index (κ2) is 6.02. The van der Waals surface area contributed by atoms with Crippen molar-refractivity contribution in [2.24, 2.45) is 0 Å². The molecule has 0 aliphatic carbocycles. The van der Waals surface area contributed by atoms with Crippen LogP contribution in [0.5, 0.6) is 0 Å². The largest absolute Gasteiger partial charge is 0.367 e. The molecular weight excluding hydrogens is 178 g/mol. The lowest BCUT2D eigenvalue weighted by molar-refractivity contribution is -0.159. The number of amides is 1. The maximum Gasteiger partial charge on any atom is 0.253 e. The molecule has 3 heteroatoms. The normalized spacial score (nSPS) is 21.1. The first-order valence-corrected chi connectivity index (χ1v) is 5.62. The summed E-state index contributed by atoms with van der Waals surface area (Å²) in [6, 6.07) is 0. The lowest BCUT2D eigenvalue weighted by atomic mass is 10.1. The van der Waals surface area contributed by atoms with Crippen LogP contribution in [0.2, 0.25) is 0 Å². The molecule has 1 aliphatic rings. The zero-order chi connectivity index (χ0) is 10.4. The van der Waals surface area contributed by atoms with Crippen molar-refractivity contribution in [2.75, 3.05) is 20.2 Å². The van der Waals surface area contributed by atoms with Gasteiger partial charge in [-0.05, 0) is 6.42 Å². The van der Waals surface area contributed by atoms with Gasteiger partial charge in [0, 0.05) is 13.7 Å². The summed E-state index contributed by atoms with van der Waals surface area (Å²) in [5.74, 6) is 0.138. The number of unbranched alkanes of at least 4 members (excludes halogenated alkanes) is 4. The van der Waals surface area contributed by atoms with Gasteiger partial charge in [0.15, 0.2) is 6.10 Å². The molecule has 3 nitrogen and oxygen atoms in total. The van der Waals surface area contributed by atoms with Crippen molar-refractivity contribution >= 4 is 5.91 Å². The van der Waals surface area contributed by atoms with Crippen LogP contribution in [-0.4, -0.2) is 37.1 Å². The fourth-order valence-electron chi connectivity index (χ4n) is 1.61. The Morgan fingerprint density at radius 2 is 2.07 bits per heavy atom. The van der Waals surface area contributed by atoms with E-state index in [1.807, 2.05) is 7.05 Å². The van der Waals surface area contributed by atoms with Crippen molar-refractivity contribution in [3.63, 3.8) is 0 Å². The summed E-state index contributed by atoms with van der Waals surface area (Å²) in [7, 11) is 1.81. The van der Waals surface area contributed by atoms with Crippen LogP contribution >= 0.6 is 0 Å². The van der Waals surface area contributed by atoms with E-state index in [-0.39, 0.29) is 12.0 Å². The van der Waals surface area contributed by atoms with Crippen molar-refractivity contribution in [1.29, 1.82) is 0 Å². The SMILES string of the molecule is CCCCCCCOC1CN(C)C1=O. The first-order chi connectivity index (χ1) is 6.75. The highest BCUT2D eigenvalue weighted by Crippen LogP contribution is 2.12. The highest BCUT2D eigenvalue weighted by Gasteiger charge is 2.34. The summed E-state index contributed by atoms with van der Waals surface area (Å²) in [5, 5.41) is 0. The lowest BCUT2D eigenvalue weighted by Crippen LogP contribution is -2.55. The van der Waals surface area contributed by atoms with E-state index in [0.29, 0.717) is 0 Å². The topological polar surface area (TPSA) is 29.5 Å². The van der Waals surface area contributed by atoms with Crippen molar-refractivity contribution in [3.8, 4) is 0 Å². The van der Waals surface area contributed by atoms with E-state index in [2.05, 4.69) is 6.92 Å². The molecule has 1 rings (SSSR count). The molecule has 1 atom stereocenters. The van der Waals surface area contributed by atoms with E-state index < -0.39 is 0 Å². The Morgan fingerprint density at radius 3 is 2.64 bits per heavy atom. The maximum absolute atomic E-state index is 11.1. The minimum atomic E-state index is -0.133. The summed E-state index contributed by atoms with van der Waals surface area (Å²) >= 11 is 0. The number of nitrogens with zero attached hydrogens (tertiary/aromatic N) is 1. The molecule has 0 aromatic carbocycles. The number of hydrogen-bond donors (Lipinski definition) is 0. The molecule has 0 radical (unpaired) electrons. The van der Waals surface area contributed by atoms with Gasteiger partial charge in [0.2, 0.25) is 0 Å². The molecular formula is C11H21NO2. The Labute approximate surface area is 86.4 Å². The summed E-state index contributed by atoms with van der Waals surface area (Å²) in [6.45, 7) is 3.72. The monoisotopic (exact) mass is 199 g/mol. The van der Waals surface area contributed by atoms with Gasteiger partial charge in [0.05, 0.1) is 6.54 Å². The Morgan fingerprint density at radius 1 is 1.36 bits per heavy atom. The van der Waals surface area contributed by atoms with Gasteiger partial charge in [-0.3, -0.25) is 4.79 Å². The van der Waals surface area contributed by atoms with E-state index in [0.717, 1.165) is 19.6 Å². The third kappa shape index (κ3) is 3.29. The quantitative estimate of drug-likeness (QED) is 0.462. The van der Waals surface area contributed by atoms with Crippen LogP contribution in [0, 0.1) is 0 Å². The number of hydrogen-bond acceptors (Lipinski definition) is 2. The minimum Gasteiger partial charge on any atom is -0.367 e.